The molecule has 6 heteroatoms. The van der Waals surface area contributed by atoms with E-state index in [9.17, 15) is 9.50 Å². The van der Waals surface area contributed by atoms with Crippen LogP contribution in [0.15, 0.2) is 22.7 Å². The molecule has 1 aromatic carbocycles. The first kappa shape index (κ1) is 17.0. The summed E-state index contributed by atoms with van der Waals surface area (Å²) in [6.07, 6.45) is 2.59. The Labute approximate surface area is 141 Å². The standard InChI is InChI=1S/C18H24FN3O2/c1-11-6-7-14(10-16(11)19)17-20-18(24-21-17)13(3)22-8-4-5-15(22)9-12(2)23/h6-7,10,12-13,15,23H,4-5,8-9H2,1-3H3. The summed E-state index contributed by atoms with van der Waals surface area (Å²) < 4.78 is 19.2. The number of aliphatic hydroxyl groups is 1. The summed E-state index contributed by atoms with van der Waals surface area (Å²) in [5.74, 6) is 0.661. The van der Waals surface area contributed by atoms with Crippen LogP contribution in [0.1, 0.15) is 50.6 Å². The van der Waals surface area contributed by atoms with E-state index in [1.165, 1.54) is 6.07 Å². The summed E-state index contributed by atoms with van der Waals surface area (Å²) in [6, 6.07) is 5.24. The fraction of sp³-hybridized carbons (Fsp3) is 0.556. The SMILES string of the molecule is Cc1ccc(-c2noc(C(C)N3CCCC3CC(C)O)n2)cc1F. The molecule has 5 nitrogen and oxygen atoms in total. The zero-order chi connectivity index (χ0) is 17.3. The zero-order valence-electron chi connectivity index (χ0n) is 14.4. The number of benzene rings is 1. The number of hydrogen-bond donors (Lipinski definition) is 1. The van der Waals surface area contributed by atoms with E-state index in [0.717, 1.165) is 25.8 Å². The molecule has 1 N–H and O–H groups in total. The third-order valence-electron chi connectivity index (χ3n) is 4.76. The van der Waals surface area contributed by atoms with E-state index in [1.807, 2.05) is 13.8 Å². The molecule has 0 spiro atoms. The molecular formula is C18H24FN3O2. The Kier molecular flexibility index (Phi) is 4.96. The van der Waals surface area contributed by atoms with Crippen LogP contribution in [-0.2, 0) is 0 Å². The highest BCUT2D eigenvalue weighted by atomic mass is 19.1. The van der Waals surface area contributed by atoms with Gasteiger partial charge in [-0.15, -0.1) is 0 Å². The van der Waals surface area contributed by atoms with Gasteiger partial charge >= 0.3 is 0 Å². The Morgan fingerprint density at radius 3 is 2.92 bits per heavy atom. The maximum absolute atomic E-state index is 13.7. The molecule has 0 radical (unpaired) electrons. The number of aryl methyl sites for hydroxylation is 1. The van der Waals surface area contributed by atoms with Crippen LogP contribution in [-0.4, -0.2) is 38.8 Å². The van der Waals surface area contributed by atoms with Crippen molar-refractivity contribution in [1.82, 2.24) is 15.0 Å². The van der Waals surface area contributed by atoms with Gasteiger partial charge in [0.2, 0.25) is 11.7 Å². The van der Waals surface area contributed by atoms with Gasteiger partial charge in [-0.3, -0.25) is 4.90 Å². The zero-order valence-corrected chi connectivity index (χ0v) is 14.4. The molecule has 0 aliphatic carbocycles. The highest BCUT2D eigenvalue weighted by Gasteiger charge is 2.32. The molecule has 0 saturated carbocycles. The van der Waals surface area contributed by atoms with Crippen LogP contribution in [0.25, 0.3) is 11.4 Å². The summed E-state index contributed by atoms with van der Waals surface area (Å²) in [6.45, 7) is 6.53. The van der Waals surface area contributed by atoms with Gasteiger partial charge in [0.25, 0.3) is 0 Å². The number of nitrogens with zero attached hydrogens (tertiary/aromatic N) is 3. The molecule has 3 atom stereocenters. The number of rotatable bonds is 5. The van der Waals surface area contributed by atoms with Gasteiger partial charge < -0.3 is 9.63 Å². The van der Waals surface area contributed by atoms with Crippen LogP contribution in [0, 0.1) is 12.7 Å². The van der Waals surface area contributed by atoms with Crippen molar-refractivity contribution in [2.24, 2.45) is 0 Å². The Morgan fingerprint density at radius 2 is 2.21 bits per heavy atom. The molecule has 1 aromatic heterocycles. The second-order valence-corrected chi connectivity index (χ2v) is 6.71. The van der Waals surface area contributed by atoms with Crippen molar-refractivity contribution < 1.29 is 14.0 Å². The van der Waals surface area contributed by atoms with E-state index >= 15 is 0 Å². The van der Waals surface area contributed by atoms with Crippen molar-refractivity contribution >= 4 is 0 Å². The lowest BCUT2D eigenvalue weighted by molar-refractivity contribution is 0.102. The van der Waals surface area contributed by atoms with E-state index in [-0.39, 0.29) is 18.0 Å². The van der Waals surface area contributed by atoms with E-state index in [0.29, 0.717) is 28.9 Å². The van der Waals surface area contributed by atoms with Gasteiger partial charge in [-0.25, -0.2) is 4.39 Å². The average Bonchev–Trinajstić information content (AvgIpc) is 3.18. The molecule has 1 aliphatic rings. The topological polar surface area (TPSA) is 62.4 Å². The second kappa shape index (κ2) is 6.99. The number of halogens is 1. The minimum atomic E-state index is -0.323. The van der Waals surface area contributed by atoms with Crippen LogP contribution in [0.4, 0.5) is 4.39 Å². The third kappa shape index (κ3) is 3.49. The molecule has 1 fully saturated rings. The van der Waals surface area contributed by atoms with Crippen molar-refractivity contribution in [3.8, 4) is 11.4 Å². The highest BCUT2D eigenvalue weighted by Crippen LogP contribution is 2.31. The molecule has 1 saturated heterocycles. The minimum Gasteiger partial charge on any atom is -0.393 e. The Bertz CT molecular complexity index is 701. The van der Waals surface area contributed by atoms with Crippen LogP contribution in [0.5, 0.6) is 0 Å². The van der Waals surface area contributed by atoms with Gasteiger partial charge in [-0.1, -0.05) is 17.3 Å². The van der Waals surface area contributed by atoms with Gasteiger partial charge in [-0.2, -0.15) is 4.98 Å². The van der Waals surface area contributed by atoms with Crippen molar-refractivity contribution in [2.45, 2.75) is 58.2 Å². The van der Waals surface area contributed by atoms with E-state index < -0.39 is 0 Å². The summed E-state index contributed by atoms with van der Waals surface area (Å²) in [4.78, 5) is 6.77. The normalized spacial score (nSPS) is 21.1. The Morgan fingerprint density at radius 1 is 1.42 bits per heavy atom. The van der Waals surface area contributed by atoms with Gasteiger partial charge in [-0.05, 0) is 58.2 Å². The largest absolute Gasteiger partial charge is 0.393 e. The van der Waals surface area contributed by atoms with E-state index in [2.05, 4.69) is 15.0 Å². The van der Waals surface area contributed by atoms with E-state index in [1.54, 1.807) is 19.1 Å². The summed E-state index contributed by atoms with van der Waals surface area (Å²) in [5, 5.41) is 13.7. The summed E-state index contributed by atoms with van der Waals surface area (Å²) >= 11 is 0. The molecule has 0 bridgehead atoms. The maximum atomic E-state index is 13.7. The molecule has 1 aliphatic heterocycles. The predicted octanol–water partition coefficient (Wildman–Crippen LogP) is 3.48. The van der Waals surface area contributed by atoms with Gasteiger partial charge in [0, 0.05) is 11.6 Å². The van der Waals surface area contributed by atoms with E-state index in [4.69, 9.17) is 4.52 Å². The molecule has 2 heterocycles. The molecule has 3 rings (SSSR count). The quantitative estimate of drug-likeness (QED) is 0.907. The lowest BCUT2D eigenvalue weighted by Crippen LogP contribution is -2.34. The maximum Gasteiger partial charge on any atom is 0.244 e. The lowest BCUT2D eigenvalue weighted by atomic mass is 10.1. The fourth-order valence-electron chi connectivity index (χ4n) is 3.41. The second-order valence-electron chi connectivity index (χ2n) is 6.71. The fourth-order valence-corrected chi connectivity index (χ4v) is 3.41. The third-order valence-corrected chi connectivity index (χ3v) is 4.76. The highest BCUT2D eigenvalue weighted by molar-refractivity contribution is 5.54. The Hall–Kier alpha value is -1.79. The van der Waals surface area contributed by atoms with Crippen molar-refractivity contribution in [3.05, 3.63) is 35.5 Å². The van der Waals surface area contributed by atoms with Crippen LogP contribution in [0.3, 0.4) is 0 Å². The molecule has 24 heavy (non-hydrogen) atoms. The van der Waals surface area contributed by atoms with Gasteiger partial charge in [0.1, 0.15) is 5.82 Å². The van der Waals surface area contributed by atoms with Crippen molar-refractivity contribution in [2.75, 3.05) is 6.54 Å². The number of likely N-dealkylation sites (tertiary alicyclic amines) is 1. The summed E-state index contributed by atoms with van der Waals surface area (Å²) in [5.41, 5.74) is 1.20. The van der Waals surface area contributed by atoms with Crippen LogP contribution in [0.2, 0.25) is 0 Å². The molecule has 3 unspecified atom stereocenters. The monoisotopic (exact) mass is 333 g/mol. The molecule has 2 aromatic rings. The van der Waals surface area contributed by atoms with Gasteiger partial charge in [0.05, 0.1) is 12.1 Å². The van der Waals surface area contributed by atoms with Crippen LogP contribution < -0.4 is 0 Å². The first-order valence-electron chi connectivity index (χ1n) is 8.49. The molecule has 0 amide bonds. The average molecular weight is 333 g/mol. The lowest BCUT2D eigenvalue weighted by Gasteiger charge is -2.29. The van der Waals surface area contributed by atoms with Gasteiger partial charge in [0.15, 0.2) is 0 Å². The minimum absolute atomic E-state index is 0.0206. The Balaban J connectivity index is 1.78. The molecule has 130 valence electrons. The molecular weight excluding hydrogens is 309 g/mol. The smallest absolute Gasteiger partial charge is 0.244 e. The van der Waals surface area contributed by atoms with Crippen LogP contribution >= 0.6 is 0 Å². The van der Waals surface area contributed by atoms with Crippen molar-refractivity contribution in [3.63, 3.8) is 0 Å². The predicted molar refractivity (Wildman–Crippen MR) is 88.9 cm³/mol. The first-order chi connectivity index (χ1) is 11.5. The summed E-state index contributed by atoms with van der Waals surface area (Å²) in [7, 11) is 0. The number of aliphatic hydroxyl groups excluding tert-OH is 1. The first-order valence-corrected chi connectivity index (χ1v) is 8.49. The number of hydrogen-bond acceptors (Lipinski definition) is 5. The van der Waals surface area contributed by atoms with Crippen molar-refractivity contribution in [1.29, 1.82) is 0 Å². The number of aromatic nitrogens is 2.